The van der Waals surface area contributed by atoms with Crippen LogP contribution in [0.3, 0.4) is 0 Å². The molecule has 0 atom stereocenters. The van der Waals surface area contributed by atoms with E-state index in [0.29, 0.717) is 21.9 Å². The minimum atomic E-state index is -0.324. The summed E-state index contributed by atoms with van der Waals surface area (Å²) in [6, 6.07) is 5.99. The van der Waals surface area contributed by atoms with E-state index in [2.05, 4.69) is 15.3 Å². The molecular weight excluding hydrogens is 361 g/mol. The molecule has 2 aromatic heterocycles. The molecule has 0 saturated carbocycles. The van der Waals surface area contributed by atoms with Gasteiger partial charge in [0, 0.05) is 17.5 Å². The summed E-state index contributed by atoms with van der Waals surface area (Å²) in [5.74, 6) is -0.215. The van der Waals surface area contributed by atoms with Crippen LogP contribution < -0.4 is 10.9 Å². The van der Waals surface area contributed by atoms with Gasteiger partial charge in [0.15, 0.2) is 5.16 Å². The van der Waals surface area contributed by atoms with Crippen molar-refractivity contribution >= 4 is 39.2 Å². The van der Waals surface area contributed by atoms with E-state index in [9.17, 15) is 14.0 Å². The van der Waals surface area contributed by atoms with Crippen LogP contribution in [0.4, 0.5) is 4.39 Å². The third kappa shape index (κ3) is 4.08. The van der Waals surface area contributed by atoms with Crippen molar-refractivity contribution in [3.63, 3.8) is 0 Å². The number of carbonyl (C=O) groups is 1. The summed E-state index contributed by atoms with van der Waals surface area (Å²) >= 11 is 2.54. The lowest BCUT2D eigenvalue weighted by Gasteiger charge is -2.03. The van der Waals surface area contributed by atoms with Gasteiger partial charge in [-0.3, -0.25) is 9.59 Å². The summed E-state index contributed by atoms with van der Waals surface area (Å²) in [4.78, 5) is 31.9. The molecular formula is C17H16FN3O2S2. The van der Waals surface area contributed by atoms with Crippen LogP contribution in [-0.4, -0.2) is 28.2 Å². The van der Waals surface area contributed by atoms with Crippen molar-refractivity contribution in [3.8, 4) is 11.1 Å². The van der Waals surface area contributed by atoms with Crippen molar-refractivity contribution in [2.75, 3.05) is 12.3 Å². The van der Waals surface area contributed by atoms with Crippen LogP contribution >= 0.6 is 23.1 Å². The number of thiophene rings is 1. The monoisotopic (exact) mass is 377 g/mol. The Kier molecular flexibility index (Phi) is 5.50. The van der Waals surface area contributed by atoms with Crippen molar-refractivity contribution in [3.05, 3.63) is 45.8 Å². The van der Waals surface area contributed by atoms with E-state index < -0.39 is 0 Å². The highest BCUT2D eigenvalue weighted by Crippen LogP contribution is 2.31. The Labute approximate surface area is 151 Å². The first-order chi connectivity index (χ1) is 12.1. The summed E-state index contributed by atoms with van der Waals surface area (Å²) in [6.45, 7) is 2.62. The molecule has 0 aliphatic heterocycles. The lowest BCUT2D eigenvalue weighted by Crippen LogP contribution is -2.25. The zero-order chi connectivity index (χ0) is 17.8. The molecule has 0 bridgehead atoms. The Bertz CT molecular complexity index is 951. The van der Waals surface area contributed by atoms with Crippen molar-refractivity contribution in [2.45, 2.75) is 18.5 Å². The van der Waals surface area contributed by atoms with Gasteiger partial charge in [0.1, 0.15) is 10.6 Å². The molecule has 0 aliphatic carbocycles. The van der Waals surface area contributed by atoms with Gasteiger partial charge in [-0.15, -0.1) is 11.3 Å². The fourth-order valence-corrected chi connectivity index (χ4v) is 3.99. The average molecular weight is 377 g/mol. The van der Waals surface area contributed by atoms with E-state index in [-0.39, 0.29) is 23.0 Å². The minimum absolute atomic E-state index is 0.0900. The number of aromatic amines is 1. The van der Waals surface area contributed by atoms with Gasteiger partial charge in [-0.05, 0) is 24.1 Å². The number of carbonyl (C=O) groups excluding carboxylic acids is 1. The first-order valence-corrected chi connectivity index (χ1v) is 9.62. The van der Waals surface area contributed by atoms with Gasteiger partial charge in [0.05, 0.1) is 11.1 Å². The van der Waals surface area contributed by atoms with Crippen molar-refractivity contribution in [1.29, 1.82) is 0 Å². The van der Waals surface area contributed by atoms with Crippen molar-refractivity contribution in [2.24, 2.45) is 0 Å². The number of halogens is 1. The number of amides is 1. The molecule has 0 saturated heterocycles. The van der Waals surface area contributed by atoms with Crippen molar-refractivity contribution < 1.29 is 9.18 Å². The molecule has 0 fully saturated rings. The normalized spacial score (nSPS) is 11.0. The largest absolute Gasteiger partial charge is 0.355 e. The van der Waals surface area contributed by atoms with Crippen LogP contribution in [0.15, 0.2) is 39.6 Å². The summed E-state index contributed by atoms with van der Waals surface area (Å²) < 4.78 is 13.1. The summed E-state index contributed by atoms with van der Waals surface area (Å²) in [5, 5.41) is 5.51. The number of aromatic nitrogens is 2. The number of hydrogen-bond acceptors (Lipinski definition) is 5. The Hall–Kier alpha value is -2.19. The van der Waals surface area contributed by atoms with Crippen LogP contribution in [0.2, 0.25) is 0 Å². The van der Waals surface area contributed by atoms with E-state index in [1.807, 2.05) is 12.3 Å². The molecule has 0 spiro atoms. The maximum atomic E-state index is 13.1. The Balaban J connectivity index is 1.85. The number of fused-ring (bicyclic) bond motifs is 1. The first kappa shape index (κ1) is 17.6. The number of thioether (sulfide) groups is 1. The number of H-pyrrole nitrogens is 1. The molecule has 3 rings (SSSR count). The average Bonchev–Trinajstić information content (AvgIpc) is 3.03. The first-order valence-electron chi connectivity index (χ1n) is 7.75. The number of hydrogen-bond donors (Lipinski definition) is 2. The van der Waals surface area contributed by atoms with Gasteiger partial charge >= 0.3 is 0 Å². The number of nitrogens with zero attached hydrogens (tertiary/aromatic N) is 1. The lowest BCUT2D eigenvalue weighted by atomic mass is 10.1. The molecule has 0 aliphatic rings. The lowest BCUT2D eigenvalue weighted by molar-refractivity contribution is -0.118. The molecule has 0 radical (unpaired) electrons. The van der Waals surface area contributed by atoms with Crippen LogP contribution in [0.25, 0.3) is 21.3 Å². The number of rotatable bonds is 6. The van der Waals surface area contributed by atoms with Gasteiger partial charge in [0.2, 0.25) is 5.91 Å². The predicted molar refractivity (Wildman–Crippen MR) is 99.7 cm³/mol. The zero-order valence-electron chi connectivity index (χ0n) is 13.5. The Morgan fingerprint density at radius 2 is 2.12 bits per heavy atom. The van der Waals surface area contributed by atoms with Gasteiger partial charge in [0.25, 0.3) is 5.56 Å². The molecule has 3 aromatic rings. The van der Waals surface area contributed by atoms with E-state index in [1.54, 1.807) is 12.1 Å². The quantitative estimate of drug-likeness (QED) is 0.510. The van der Waals surface area contributed by atoms with Crippen molar-refractivity contribution in [1.82, 2.24) is 15.3 Å². The molecule has 8 heteroatoms. The second kappa shape index (κ2) is 7.79. The SMILES string of the molecule is CCCNC(=O)CSc1nc2scc(-c3ccc(F)cc3)c2c(=O)[nH]1. The summed E-state index contributed by atoms with van der Waals surface area (Å²) in [6.07, 6.45) is 0.874. The third-order valence-electron chi connectivity index (χ3n) is 3.49. The molecule has 1 amide bonds. The van der Waals surface area contributed by atoms with E-state index in [4.69, 9.17) is 0 Å². The van der Waals surface area contributed by atoms with Gasteiger partial charge < -0.3 is 10.3 Å². The van der Waals surface area contributed by atoms with Gasteiger partial charge in [-0.25, -0.2) is 9.37 Å². The van der Waals surface area contributed by atoms with Gasteiger partial charge in [-0.1, -0.05) is 30.8 Å². The summed E-state index contributed by atoms with van der Waals surface area (Å²) in [5.41, 5.74) is 1.23. The van der Waals surface area contributed by atoms with Crippen LogP contribution in [-0.2, 0) is 4.79 Å². The molecule has 2 N–H and O–H groups in total. The molecule has 130 valence electrons. The van der Waals surface area contributed by atoms with E-state index in [1.165, 1.54) is 35.2 Å². The topological polar surface area (TPSA) is 74.8 Å². The Morgan fingerprint density at radius 3 is 2.84 bits per heavy atom. The Morgan fingerprint density at radius 1 is 1.36 bits per heavy atom. The highest BCUT2D eigenvalue weighted by molar-refractivity contribution is 7.99. The maximum Gasteiger partial charge on any atom is 0.260 e. The fraction of sp³-hybridized carbons (Fsp3) is 0.235. The predicted octanol–water partition coefficient (Wildman–Crippen LogP) is 3.41. The van der Waals surface area contributed by atoms with E-state index in [0.717, 1.165) is 17.5 Å². The fourth-order valence-electron chi connectivity index (χ4n) is 2.29. The number of nitrogens with one attached hydrogen (secondary N) is 2. The molecule has 2 heterocycles. The number of benzene rings is 1. The van der Waals surface area contributed by atoms with Crippen LogP contribution in [0.5, 0.6) is 0 Å². The zero-order valence-corrected chi connectivity index (χ0v) is 15.1. The standard InChI is InChI=1S/C17H16FN3O2S2/c1-2-7-19-13(22)9-25-17-20-15(23)14-12(8-24-16(14)21-17)10-3-5-11(18)6-4-10/h3-6,8H,2,7,9H2,1H3,(H,19,22)(H,20,21,23). The molecule has 0 unspecified atom stereocenters. The third-order valence-corrected chi connectivity index (χ3v) is 5.24. The smallest absolute Gasteiger partial charge is 0.260 e. The highest BCUT2D eigenvalue weighted by atomic mass is 32.2. The van der Waals surface area contributed by atoms with Crippen LogP contribution in [0, 0.1) is 5.82 Å². The molecule has 25 heavy (non-hydrogen) atoms. The second-order valence-electron chi connectivity index (χ2n) is 5.35. The minimum Gasteiger partial charge on any atom is -0.355 e. The highest BCUT2D eigenvalue weighted by Gasteiger charge is 2.14. The summed E-state index contributed by atoms with van der Waals surface area (Å²) in [7, 11) is 0. The second-order valence-corrected chi connectivity index (χ2v) is 7.17. The molecule has 1 aromatic carbocycles. The van der Waals surface area contributed by atoms with Gasteiger partial charge in [-0.2, -0.15) is 0 Å². The maximum absolute atomic E-state index is 13.1. The van der Waals surface area contributed by atoms with E-state index >= 15 is 0 Å². The van der Waals surface area contributed by atoms with Crippen LogP contribution in [0.1, 0.15) is 13.3 Å². The molecule has 5 nitrogen and oxygen atoms in total.